The molecule has 1 aromatic rings. The first-order valence-corrected chi connectivity index (χ1v) is 10.7. The number of alkyl halides is 3. The summed E-state index contributed by atoms with van der Waals surface area (Å²) >= 11 is 0. The predicted octanol–water partition coefficient (Wildman–Crippen LogP) is 3.80. The number of hydrogen-bond donors (Lipinski definition) is 2. The summed E-state index contributed by atoms with van der Waals surface area (Å²) in [4.78, 5) is 8.85. The first kappa shape index (κ1) is 28.8. The number of piperazine rings is 1. The number of nitrogens with one attached hydrogen (secondary N) is 2. The van der Waals surface area contributed by atoms with Gasteiger partial charge >= 0.3 is 6.18 Å². The van der Waals surface area contributed by atoms with Gasteiger partial charge in [-0.1, -0.05) is 6.07 Å². The zero-order valence-electron chi connectivity index (χ0n) is 19.8. The maximum Gasteiger partial charge on any atom is 0.416 e. The van der Waals surface area contributed by atoms with Crippen LogP contribution in [0.5, 0.6) is 5.75 Å². The van der Waals surface area contributed by atoms with Gasteiger partial charge in [0, 0.05) is 52.4 Å². The number of nitrogens with zero attached hydrogens (tertiary/aromatic N) is 3. The van der Waals surface area contributed by atoms with Crippen molar-refractivity contribution in [2.24, 2.45) is 4.99 Å². The van der Waals surface area contributed by atoms with Crippen LogP contribution in [0.3, 0.4) is 0 Å². The number of likely N-dealkylation sites (N-methyl/N-ethyl adjacent to an activating group) is 1. The number of rotatable bonds is 6. The fourth-order valence-corrected chi connectivity index (χ4v) is 3.43. The Morgan fingerprint density at radius 3 is 2.28 bits per heavy atom. The Labute approximate surface area is 207 Å². The van der Waals surface area contributed by atoms with E-state index in [1.807, 2.05) is 0 Å². The molecule has 2 N–H and O–H groups in total. The zero-order valence-corrected chi connectivity index (χ0v) is 22.2. The minimum atomic E-state index is -4.47. The molecule has 1 aliphatic rings. The van der Waals surface area contributed by atoms with Crippen molar-refractivity contribution in [2.75, 3.05) is 46.8 Å². The molecule has 0 aromatic heterocycles. The highest BCUT2D eigenvalue weighted by Gasteiger charge is 2.34. The molecule has 0 amide bonds. The van der Waals surface area contributed by atoms with Gasteiger partial charge < -0.3 is 20.3 Å². The summed E-state index contributed by atoms with van der Waals surface area (Å²) in [6.45, 7) is 12.3. The normalized spacial score (nSPS) is 17.5. The fraction of sp³-hybridized carbons (Fsp3) is 0.682. The largest absolute Gasteiger partial charge is 0.488 e. The molecule has 0 saturated carbocycles. The summed E-state index contributed by atoms with van der Waals surface area (Å²) in [5, 5.41) is 6.23. The number of ether oxygens (including phenoxy) is 1. The first-order valence-electron chi connectivity index (χ1n) is 10.7. The molecule has 10 heteroatoms. The summed E-state index contributed by atoms with van der Waals surface area (Å²) in [7, 11) is 3.73. The Balaban J connectivity index is 0.00000512. The standard InChI is InChI=1S/C22H36F3N5O.HI/c1-16(30-11-9-29(6)10-12-30)14-27-20(26-5)28-15-17-7-8-18(31-21(2,3)4)13-19(17)22(23,24)25;/h7-8,13,16H,9-12,14-15H2,1-6H3,(H2,26,27,28);1H. The second-order valence-electron chi connectivity index (χ2n) is 9.03. The SMILES string of the molecule is CN=C(NCc1ccc(OC(C)(C)C)cc1C(F)(F)F)NCC(C)N1CCN(C)CC1.I. The van der Waals surface area contributed by atoms with Crippen molar-refractivity contribution < 1.29 is 17.9 Å². The molecular formula is C22H37F3IN5O. The average Bonchev–Trinajstić information content (AvgIpc) is 2.67. The van der Waals surface area contributed by atoms with Crippen LogP contribution in [0.4, 0.5) is 13.2 Å². The lowest BCUT2D eigenvalue weighted by molar-refractivity contribution is -0.138. The van der Waals surface area contributed by atoms with Crippen LogP contribution in [0.25, 0.3) is 0 Å². The van der Waals surface area contributed by atoms with Crippen LogP contribution in [-0.4, -0.2) is 74.2 Å². The molecule has 0 bridgehead atoms. The first-order chi connectivity index (χ1) is 14.4. The molecular weight excluding hydrogens is 534 g/mol. The van der Waals surface area contributed by atoms with Gasteiger partial charge in [0.05, 0.1) is 5.56 Å². The highest BCUT2D eigenvalue weighted by molar-refractivity contribution is 14.0. The number of aliphatic imine (C=N–C) groups is 1. The molecule has 32 heavy (non-hydrogen) atoms. The molecule has 0 aliphatic carbocycles. The summed E-state index contributed by atoms with van der Waals surface area (Å²) < 4.78 is 46.5. The van der Waals surface area contributed by atoms with E-state index < -0.39 is 17.3 Å². The predicted molar refractivity (Wildman–Crippen MR) is 134 cm³/mol. The number of halogens is 4. The third-order valence-corrected chi connectivity index (χ3v) is 5.21. The average molecular weight is 571 g/mol. The van der Waals surface area contributed by atoms with E-state index in [4.69, 9.17) is 4.74 Å². The Bertz CT molecular complexity index is 744. The van der Waals surface area contributed by atoms with Crippen LogP contribution in [0.2, 0.25) is 0 Å². The number of hydrogen-bond acceptors (Lipinski definition) is 4. The lowest BCUT2D eigenvalue weighted by atomic mass is 10.1. The van der Waals surface area contributed by atoms with Crippen LogP contribution in [-0.2, 0) is 12.7 Å². The van der Waals surface area contributed by atoms with Gasteiger partial charge in [0.2, 0.25) is 0 Å². The van der Waals surface area contributed by atoms with Gasteiger partial charge in [-0.15, -0.1) is 24.0 Å². The van der Waals surface area contributed by atoms with Crippen molar-refractivity contribution in [2.45, 2.75) is 52.1 Å². The molecule has 0 radical (unpaired) electrons. The van der Waals surface area contributed by atoms with E-state index in [9.17, 15) is 13.2 Å². The molecule has 0 spiro atoms. The maximum absolute atomic E-state index is 13.6. The van der Waals surface area contributed by atoms with Crippen molar-refractivity contribution >= 4 is 29.9 Å². The maximum atomic E-state index is 13.6. The smallest absolute Gasteiger partial charge is 0.416 e. The molecule has 184 valence electrons. The van der Waals surface area contributed by atoms with Gasteiger partial charge in [0.25, 0.3) is 0 Å². The second kappa shape index (κ2) is 12.3. The molecule has 1 unspecified atom stereocenters. The number of benzene rings is 1. The van der Waals surface area contributed by atoms with Crippen LogP contribution in [0, 0.1) is 0 Å². The van der Waals surface area contributed by atoms with Gasteiger partial charge in [0.15, 0.2) is 5.96 Å². The van der Waals surface area contributed by atoms with E-state index in [1.54, 1.807) is 33.9 Å². The summed E-state index contributed by atoms with van der Waals surface area (Å²) in [6.07, 6.45) is -4.47. The van der Waals surface area contributed by atoms with E-state index in [-0.39, 0.29) is 41.8 Å². The molecule has 1 heterocycles. The Hall–Kier alpha value is -1.27. The van der Waals surface area contributed by atoms with Crippen molar-refractivity contribution in [3.8, 4) is 5.75 Å². The fourth-order valence-electron chi connectivity index (χ4n) is 3.43. The monoisotopic (exact) mass is 571 g/mol. The summed E-state index contributed by atoms with van der Waals surface area (Å²) in [5.41, 5.74) is -1.14. The van der Waals surface area contributed by atoms with Crippen molar-refractivity contribution in [1.29, 1.82) is 0 Å². The molecule has 1 saturated heterocycles. The van der Waals surface area contributed by atoms with Crippen LogP contribution < -0.4 is 15.4 Å². The van der Waals surface area contributed by atoms with E-state index in [1.165, 1.54) is 6.07 Å². The summed E-state index contributed by atoms with van der Waals surface area (Å²) in [5.74, 6) is 0.677. The van der Waals surface area contributed by atoms with Crippen molar-refractivity contribution in [1.82, 2.24) is 20.4 Å². The third-order valence-electron chi connectivity index (χ3n) is 5.21. The van der Waals surface area contributed by atoms with Crippen molar-refractivity contribution in [3.63, 3.8) is 0 Å². The molecule has 1 aliphatic heterocycles. The minimum Gasteiger partial charge on any atom is -0.488 e. The molecule has 1 aromatic carbocycles. The lowest BCUT2D eigenvalue weighted by Crippen LogP contribution is -2.52. The molecule has 1 fully saturated rings. The zero-order chi connectivity index (χ0) is 23.2. The Morgan fingerprint density at radius 2 is 1.75 bits per heavy atom. The van der Waals surface area contributed by atoms with E-state index in [0.717, 1.165) is 32.2 Å². The van der Waals surface area contributed by atoms with Gasteiger partial charge in [-0.05, 0) is 52.4 Å². The Kier molecular flexibility index (Phi) is 11.0. The lowest BCUT2D eigenvalue weighted by Gasteiger charge is -2.36. The van der Waals surface area contributed by atoms with Crippen LogP contribution >= 0.6 is 24.0 Å². The van der Waals surface area contributed by atoms with Crippen LogP contribution in [0.15, 0.2) is 23.2 Å². The highest BCUT2D eigenvalue weighted by atomic mass is 127. The Morgan fingerprint density at radius 1 is 1.12 bits per heavy atom. The highest BCUT2D eigenvalue weighted by Crippen LogP contribution is 2.35. The number of guanidine groups is 1. The second-order valence-corrected chi connectivity index (χ2v) is 9.03. The topological polar surface area (TPSA) is 52.1 Å². The molecule has 1 atom stereocenters. The molecule has 2 rings (SSSR count). The van der Waals surface area contributed by atoms with Gasteiger partial charge in [-0.25, -0.2) is 0 Å². The summed E-state index contributed by atoms with van der Waals surface area (Å²) in [6, 6.07) is 4.39. The van der Waals surface area contributed by atoms with Gasteiger partial charge in [-0.2, -0.15) is 13.2 Å². The van der Waals surface area contributed by atoms with Crippen molar-refractivity contribution in [3.05, 3.63) is 29.3 Å². The van der Waals surface area contributed by atoms with E-state index in [2.05, 4.69) is 39.4 Å². The van der Waals surface area contributed by atoms with Crippen LogP contribution in [0.1, 0.15) is 38.8 Å². The quantitative estimate of drug-likeness (QED) is 0.309. The third kappa shape index (κ3) is 9.30. The van der Waals surface area contributed by atoms with E-state index >= 15 is 0 Å². The van der Waals surface area contributed by atoms with Gasteiger partial charge in [0.1, 0.15) is 11.4 Å². The molecule has 6 nitrogen and oxygen atoms in total. The van der Waals surface area contributed by atoms with E-state index in [0.29, 0.717) is 18.5 Å². The van der Waals surface area contributed by atoms with Gasteiger partial charge in [-0.3, -0.25) is 9.89 Å². The minimum absolute atomic E-state index is 0.